The Morgan fingerprint density at radius 1 is 1.33 bits per heavy atom. The quantitative estimate of drug-likeness (QED) is 0.639. The molecule has 1 heterocycles. The average Bonchev–Trinajstić information content (AvgIpc) is 2.47. The molecule has 2 aromatic rings. The molecule has 0 saturated heterocycles. The van der Waals surface area contributed by atoms with E-state index in [1.807, 2.05) is 0 Å². The lowest BCUT2D eigenvalue weighted by atomic mass is 10.1. The first-order valence-corrected chi connectivity index (χ1v) is 6.07. The van der Waals surface area contributed by atoms with Crippen molar-refractivity contribution in [2.45, 2.75) is 6.54 Å². The molecule has 0 aliphatic carbocycles. The highest BCUT2D eigenvalue weighted by atomic mass is 19.1. The van der Waals surface area contributed by atoms with Crippen LogP contribution in [-0.2, 0) is 6.54 Å². The summed E-state index contributed by atoms with van der Waals surface area (Å²) in [6.45, 7) is 0.253. The molecule has 2 rings (SSSR count). The van der Waals surface area contributed by atoms with Crippen molar-refractivity contribution in [3.05, 3.63) is 69.8 Å². The third kappa shape index (κ3) is 3.38. The number of nitro benzene ring substituents is 1. The third-order valence-electron chi connectivity index (χ3n) is 2.91. The molecule has 108 valence electrons. The molecule has 1 aromatic carbocycles. The van der Waals surface area contributed by atoms with Gasteiger partial charge in [-0.05, 0) is 23.8 Å². The highest BCUT2D eigenvalue weighted by molar-refractivity contribution is 5.94. The monoisotopic (exact) mass is 289 g/mol. The van der Waals surface area contributed by atoms with Crippen LogP contribution in [0.25, 0.3) is 0 Å². The van der Waals surface area contributed by atoms with Gasteiger partial charge < -0.3 is 4.90 Å². The van der Waals surface area contributed by atoms with E-state index in [0.717, 1.165) is 23.8 Å². The molecule has 21 heavy (non-hydrogen) atoms. The molecule has 0 unspecified atom stereocenters. The number of rotatable bonds is 4. The second-order valence-corrected chi connectivity index (χ2v) is 4.44. The second kappa shape index (κ2) is 6.08. The SMILES string of the molecule is CN(Cc1ccncc1)C(=O)c1cc([N+](=O)[O-])ccc1F. The molecule has 0 aliphatic rings. The number of halogens is 1. The van der Waals surface area contributed by atoms with Crippen LogP contribution in [0.2, 0.25) is 0 Å². The van der Waals surface area contributed by atoms with Crippen molar-refractivity contribution < 1.29 is 14.1 Å². The Kier molecular flexibility index (Phi) is 4.22. The van der Waals surface area contributed by atoms with Gasteiger partial charge in [-0.15, -0.1) is 0 Å². The summed E-state index contributed by atoms with van der Waals surface area (Å²) >= 11 is 0. The van der Waals surface area contributed by atoms with E-state index in [4.69, 9.17) is 0 Å². The lowest BCUT2D eigenvalue weighted by molar-refractivity contribution is -0.384. The minimum Gasteiger partial charge on any atom is -0.337 e. The molecule has 0 atom stereocenters. The van der Waals surface area contributed by atoms with Gasteiger partial charge in [-0.2, -0.15) is 0 Å². The number of pyridine rings is 1. The van der Waals surface area contributed by atoms with Gasteiger partial charge in [0, 0.05) is 38.1 Å². The molecular formula is C14H12FN3O3. The van der Waals surface area contributed by atoms with Crippen LogP contribution in [0.3, 0.4) is 0 Å². The Balaban J connectivity index is 2.23. The number of carbonyl (C=O) groups excluding carboxylic acids is 1. The number of nitrogens with zero attached hydrogens (tertiary/aromatic N) is 3. The molecule has 0 radical (unpaired) electrons. The molecule has 0 spiro atoms. The summed E-state index contributed by atoms with van der Waals surface area (Å²) in [5.74, 6) is -1.40. The van der Waals surface area contributed by atoms with Crippen molar-refractivity contribution in [3.8, 4) is 0 Å². The molecule has 7 heteroatoms. The van der Waals surface area contributed by atoms with Crippen LogP contribution in [0.5, 0.6) is 0 Å². The van der Waals surface area contributed by atoms with Gasteiger partial charge in [0.05, 0.1) is 10.5 Å². The number of carbonyl (C=O) groups is 1. The van der Waals surface area contributed by atoms with Crippen LogP contribution in [0.1, 0.15) is 15.9 Å². The topological polar surface area (TPSA) is 76.3 Å². The highest BCUT2D eigenvalue weighted by Crippen LogP contribution is 2.18. The van der Waals surface area contributed by atoms with E-state index >= 15 is 0 Å². The average molecular weight is 289 g/mol. The lowest BCUT2D eigenvalue weighted by Crippen LogP contribution is -2.27. The van der Waals surface area contributed by atoms with E-state index in [2.05, 4.69) is 4.98 Å². The van der Waals surface area contributed by atoms with E-state index in [-0.39, 0.29) is 17.8 Å². The maximum absolute atomic E-state index is 13.7. The Morgan fingerprint density at radius 2 is 2.00 bits per heavy atom. The smallest absolute Gasteiger partial charge is 0.270 e. The first-order valence-electron chi connectivity index (χ1n) is 6.07. The molecule has 0 aliphatic heterocycles. The van der Waals surface area contributed by atoms with Crippen molar-refractivity contribution in [1.82, 2.24) is 9.88 Å². The summed E-state index contributed by atoms with van der Waals surface area (Å²) in [6, 6.07) is 6.35. The van der Waals surface area contributed by atoms with E-state index in [1.54, 1.807) is 24.5 Å². The normalized spacial score (nSPS) is 10.2. The summed E-state index contributed by atoms with van der Waals surface area (Å²) in [4.78, 5) is 27.4. The molecule has 1 aromatic heterocycles. The van der Waals surface area contributed by atoms with Crippen molar-refractivity contribution in [2.24, 2.45) is 0 Å². The van der Waals surface area contributed by atoms with Crippen LogP contribution in [0, 0.1) is 15.9 Å². The van der Waals surface area contributed by atoms with Gasteiger partial charge in [-0.1, -0.05) is 0 Å². The van der Waals surface area contributed by atoms with Crippen molar-refractivity contribution in [2.75, 3.05) is 7.05 Å². The van der Waals surface area contributed by atoms with Gasteiger partial charge in [0.25, 0.3) is 11.6 Å². The Bertz CT molecular complexity index is 676. The number of nitro groups is 1. The van der Waals surface area contributed by atoms with E-state index in [1.165, 1.54) is 11.9 Å². The molecule has 0 N–H and O–H groups in total. The molecule has 0 bridgehead atoms. The largest absolute Gasteiger partial charge is 0.337 e. The van der Waals surface area contributed by atoms with Crippen LogP contribution in [0.4, 0.5) is 10.1 Å². The summed E-state index contributed by atoms with van der Waals surface area (Å²) in [6.07, 6.45) is 3.17. The maximum Gasteiger partial charge on any atom is 0.270 e. The Labute approximate surface area is 120 Å². The van der Waals surface area contributed by atoms with Crippen molar-refractivity contribution >= 4 is 11.6 Å². The van der Waals surface area contributed by atoms with Crippen LogP contribution in [0.15, 0.2) is 42.7 Å². The first-order chi connectivity index (χ1) is 9.99. The van der Waals surface area contributed by atoms with Crippen molar-refractivity contribution in [1.29, 1.82) is 0 Å². The van der Waals surface area contributed by atoms with E-state index < -0.39 is 16.6 Å². The fourth-order valence-electron chi connectivity index (χ4n) is 1.83. The van der Waals surface area contributed by atoms with Crippen LogP contribution in [-0.4, -0.2) is 27.8 Å². The Hall–Kier alpha value is -2.83. The molecule has 1 amide bonds. The molecule has 0 saturated carbocycles. The highest BCUT2D eigenvalue weighted by Gasteiger charge is 2.20. The van der Waals surface area contributed by atoms with Gasteiger partial charge >= 0.3 is 0 Å². The molecule has 6 nitrogen and oxygen atoms in total. The Morgan fingerprint density at radius 3 is 2.62 bits per heavy atom. The fraction of sp³-hybridized carbons (Fsp3) is 0.143. The summed E-state index contributed by atoms with van der Waals surface area (Å²) < 4.78 is 13.7. The zero-order valence-corrected chi connectivity index (χ0v) is 11.2. The minimum atomic E-state index is -0.785. The summed E-state index contributed by atoms with van der Waals surface area (Å²) in [5, 5.41) is 10.7. The van der Waals surface area contributed by atoms with Crippen LogP contribution < -0.4 is 0 Å². The van der Waals surface area contributed by atoms with Crippen LogP contribution >= 0.6 is 0 Å². The number of hydrogen-bond donors (Lipinski definition) is 0. The van der Waals surface area contributed by atoms with Gasteiger partial charge in [0.15, 0.2) is 0 Å². The summed E-state index contributed by atoms with van der Waals surface area (Å²) in [5.41, 5.74) is 0.185. The van der Waals surface area contributed by atoms with Crippen molar-refractivity contribution in [3.63, 3.8) is 0 Å². The number of aromatic nitrogens is 1. The predicted octanol–water partition coefficient (Wildman–Crippen LogP) is 2.40. The summed E-state index contributed by atoms with van der Waals surface area (Å²) in [7, 11) is 1.50. The molecule has 0 fully saturated rings. The number of hydrogen-bond acceptors (Lipinski definition) is 4. The van der Waals surface area contributed by atoms with Gasteiger partial charge in [-0.25, -0.2) is 4.39 Å². The predicted molar refractivity (Wildman–Crippen MR) is 73.1 cm³/mol. The van der Waals surface area contributed by atoms with Gasteiger partial charge in [-0.3, -0.25) is 19.9 Å². The van der Waals surface area contributed by atoms with E-state index in [9.17, 15) is 19.3 Å². The number of amides is 1. The zero-order chi connectivity index (χ0) is 15.4. The number of non-ortho nitro benzene ring substituents is 1. The first kappa shape index (κ1) is 14.6. The maximum atomic E-state index is 13.7. The minimum absolute atomic E-state index is 0.253. The standard InChI is InChI=1S/C14H12FN3O3/c1-17(9-10-4-6-16-7-5-10)14(19)12-8-11(18(20)21)2-3-13(12)15/h2-8H,9H2,1H3. The third-order valence-corrected chi connectivity index (χ3v) is 2.91. The van der Waals surface area contributed by atoms with Gasteiger partial charge in [0.1, 0.15) is 5.82 Å². The number of benzene rings is 1. The van der Waals surface area contributed by atoms with Gasteiger partial charge in [0.2, 0.25) is 0 Å². The van der Waals surface area contributed by atoms with E-state index in [0.29, 0.717) is 0 Å². The molecular weight excluding hydrogens is 277 g/mol. The zero-order valence-electron chi connectivity index (χ0n) is 11.2. The second-order valence-electron chi connectivity index (χ2n) is 4.44. The lowest BCUT2D eigenvalue weighted by Gasteiger charge is -2.17. The fourth-order valence-corrected chi connectivity index (χ4v) is 1.83.